The molecule has 5 atom stereocenters. The van der Waals surface area contributed by atoms with Crippen LogP contribution in [0.15, 0.2) is 24.4 Å². The van der Waals surface area contributed by atoms with Gasteiger partial charge in [0.15, 0.2) is 17.5 Å². The van der Waals surface area contributed by atoms with Gasteiger partial charge in [-0.1, -0.05) is 5.92 Å². The summed E-state index contributed by atoms with van der Waals surface area (Å²) in [6, 6.07) is 2.20. The highest BCUT2D eigenvalue weighted by atomic mass is 19.2. The van der Waals surface area contributed by atoms with E-state index in [-0.39, 0.29) is 77.1 Å². The highest BCUT2D eigenvalue weighted by molar-refractivity contribution is 6.04. The lowest BCUT2D eigenvalue weighted by atomic mass is 9.95. The van der Waals surface area contributed by atoms with Gasteiger partial charge in [-0.3, -0.25) is 14.7 Å². The lowest BCUT2D eigenvalue weighted by molar-refractivity contribution is -0.119. The van der Waals surface area contributed by atoms with Gasteiger partial charge in [0.25, 0.3) is 0 Å². The van der Waals surface area contributed by atoms with Gasteiger partial charge in [0.2, 0.25) is 0 Å². The maximum atomic E-state index is 16.9. The Bertz CT molecular complexity index is 2130. The standard InChI is InChI=1S/C34H29F5N6O2/c1-2-20-25-16(9-24(36)26(20)37)8-18(40)10-21(25)29-28(39)30-23(13-41-29)32(45-7-4-19(46)11-22-27(38)31(22)45)43-33(42-30)47-15-34-5-3-6-44(34)14-17(35)12-34/h1,8-10,13,17,22,27,31H,3-7,11-12,14-15,40H2/t17-,22-,27+,31-,34+/m1/s1/i15D2. The van der Waals surface area contributed by atoms with Crippen LogP contribution < -0.4 is 15.4 Å². The monoisotopic (exact) mass is 650 g/mol. The van der Waals surface area contributed by atoms with Crippen LogP contribution in [0.5, 0.6) is 6.01 Å². The largest absolute Gasteiger partial charge is 0.461 e. The van der Waals surface area contributed by atoms with E-state index in [2.05, 4.69) is 20.9 Å². The zero-order valence-electron chi connectivity index (χ0n) is 26.9. The van der Waals surface area contributed by atoms with Crippen molar-refractivity contribution in [3.8, 4) is 29.6 Å². The number of ketones is 1. The van der Waals surface area contributed by atoms with E-state index in [0.29, 0.717) is 19.4 Å². The first-order valence-corrected chi connectivity index (χ1v) is 15.4. The number of pyridine rings is 1. The van der Waals surface area contributed by atoms with Gasteiger partial charge in [-0.15, -0.1) is 6.42 Å². The molecular formula is C34H29F5N6O2. The van der Waals surface area contributed by atoms with Crippen LogP contribution in [0.1, 0.15) is 40.4 Å². The number of hydrogen-bond donors (Lipinski definition) is 1. The number of nitrogens with zero attached hydrogens (tertiary/aromatic N) is 5. The number of rotatable bonds is 5. The van der Waals surface area contributed by atoms with E-state index >= 15 is 8.78 Å². The molecule has 0 bridgehead atoms. The number of anilines is 2. The molecule has 0 unspecified atom stereocenters. The Balaban J connectivity index is 1.33. The Morgan fingerprint density at radius 3 is 2.81 bits per heavy atom. The zero-order chi connectivity index (χ0) is 34.6. The third-order valence-electron chi connectivity index (χ3n) is 9.89. The molecule has 2 aromatic heterocycles. The van der Waals surface area contributed by atoms with Crippen molar-refractivity contribution in [2.24, 2.45) is 5.92 Å². The number of aromatic nitrogens is 3. The molecule has 0 spiro atoms. The molecule has 242 valence electrons. The van der Waals surface area contributed by atoms with Crippen molar-refractivity contribution in [1.82, 2.24) is 19.9 Å². The molecule has 0 amide bonds. The summed E-state index contributed by atoms with van der Waals surface area (Å²) in [4.78, 5) is 28.8. The van der Waals surface area contributed by atoms with E-state index in [1.165, 1.54) is 23.2 Å². The molecule has 3 saturated heterocycles. The minimum absolute atomic E-state index is 0.00862. The molecule has 47 heavy (non-hydrogen) atoms. The molecule has 4 aliphatic rings. The molecule has 8 nitrogen and oxygen atoms in total. The highest BCUT2D eigenvalue weighted by Gasteiger charge is 2.57. The number of nitrogen functional groups attached to an aromatic ring is 1. The molecule has 5 heterocycles. The van der Waals surface area contributed by atoms with Crippen LogP contribution in [-0.2, 0) is 4.79 Å². The smallest absolute Gasteiger partial charge is 0.319 e. The Morgan fingerprint density at radius 2 is 2.00 bits per heavy atom. The average molecular weight is 651 g/mol. The van der Waals surface area contributed by atoms with Crippen molar-refractivity contribution in [2.45, 2.75) is 56.0 Å². The predicted octanol–water partition coefficient (Wildman–Crippen LogP) is 5.29. The number of ether oxygens (including phenoxy) is 1. The lowest BCUT2D eigenvalue weighted by Crippen LogP contribution is -2.43. The van der Waals surface area contributed by atoms with E-state index < -0.39 is 70.9 Å². The van der Waals surface area contributed by atoms with Gasteiger partial charge in [0, 0.05) is 61.1 Å². The summed E-state index contributed by atoms with van der Waals surface area (Å²) in [7, 11) is 0. The molecule has 0 radical (unpaired) electrons. The van der Waals surface area contributed by atoms with Gasteiger partial charge in [-0.05, 0) is 43.0 Å². The van der Waals surface area contributed by atoms with Gasteiger partial charge in [0.1, 0.15) is 41.7 Å². The number of fused-ring (bicyclic) bond motifs is 4. The molecule has 8 rings (SSSR count). The van der Waals surface area contributed by atoms with E-state index in [9.17, 15) is 18.0 Å². The van der Waals surface area contributed by atoms with Gasteiger partial charge < -0.3 is 15.4 Å². The number of hydrogen-bond acceptors (Lipinski definition) is 8. The first-order chi connectivity index (χ1) is 23.3. The first-order valence-electron chi connectivity index (χ1n) is 16.4. The van der Waals surface area contributed by atoms with E-state index in [1.54, 1.807) is 4.90 Å². The van der Waals surface area contributed by atoms with Crippen molar-refractivity contribution in [1.29, 1.82) is 0 Å². The van der Waals surface area contributed by atoms with Crippen LogP contribution in [0.3, 0.4) is 0 Å². The number of terminal acetylenes is 1. The second-order valence-corrected chi connectivity index (χ2v) is 12.7. The van der Waals surface area contributed by atoms with E-state index in [4.69, 9.17) is 19.6 Å². The maximum Gasteiger partial charge on any atom is 0.319 e. The molecule has 4 fully saturated rings. The minimum atomic E-state index is -2.53. The minimum Gasteiger partial charge on any atom is -0.461 e. The van der Waals surface area contributed by atoms with Crippen molar-refractivity contribution in [3.63, 3.8) is 0 Å². The summed E-state index contributed by atoms with van der Waals surface area (Å²) >= 11 is 0. The molecule has 2 aromatic carbocycles. The van der Waals surface area contributed by atoms with Gasteiger partial charge in [-0.2, -0.15) is 9.97 Å². The average Bonchev–Trinajstić information content (AvgIpc) is 3.34. The molecular weight excluding hydrogens is 619 g/mol. The van der Waals surface area contributed by atoms with Crippen LogP contribution >= 0.6 is 0 Å². The Labute approximate surface area is 268 Å². The maximum absolute atomic E-state index is 16.9. The summed E-state index contributed by atoms with van der Waals surface area (Å²) in [5, 5.41) is 0.0714. The number of carbonyl (C=O) groups excluding carboxylic acids is 1. The number of benzene rings is 2. The fourth-order valence-electron chi connectivity index (χ4n) is 7.66. The van der Waals surface area contributed by atoms with E-state index in [1.807, 2.05) is 0 Å². The van der Waals surface area contributed by atoms with Gasteiger partial charge in [-0.25, -0.2) is 22.0 Å². The molecule has 1 saturated carbocycles. The zero-order valence-corrected chi connectivity index (χ0v) is 24.9. The van der Waals surface area contributed by atoms with Gasteiger partial charge in [0.05, 0.1) is 25.3 Å². The van der Waals surface area contributed by atoms with Crippen LogP contribution in [0.25, 0.3) is 32.9 Å². The number of nitrogens with two attached hydrogens (primary N) is 1. The van der Waals surface area contributed by atoms with Crippen molar-refractivity contribution in [3.05, 3.63) is 47.4 Å². The van der Waals surface area contributed by atoms with Gasteiger partial charge >= 0.3 is 6.01 Å². The van der Waals surface area contributed by atoms with Crippen molar-refractivity contribution >= 4 is 39.0 Å². The topological polar surface area (TPSA) is 97.5 Å². The fraction of sp³-hybridized carbons (Fsp3) is 0.412. The van der Waals surface area contributed by atoms with Crippen LogP contribution in [0, 0.1) is 35.7 Å². The Hall–Kier alpha value is -4.57. The SMILES string of the molecule is [2H]C([2H])(Oc1nc(N2CCC(=O)C[C@@H]3[C@H](F)[C@@H]32)c2cnc(-c3cc(N)cc4cc(F)c(F)c(C#C)c34)c(F)c2n1)[C@@]12CCCN1C[C@H](F)C2. The third-order valence-corrected chi connectivity index (χ3v) is 9.89. The van der Waals surface area contributed by atoms with Crippen molar-refractivity contribution < 1.29 is 34.2 Å². The van der Waals surface area contributed by atoms with Crippen LogP contribution in [0.2, 0.25) is 0 Å². The quantitative estimate of drug-likeness (QED) is 0.177. The van der Waals surface area contributed by atoms with Crippen molar-refractivity contribution in [2.75, 3.05) is 36.8 Å². The lowest BCUT2D eigenvalue weighted by Gasteiger charge is -2.31. The molecule has 2 N–H and O–H groups in total. The Kier molecular flexibility index (Phi) is 6.29. The Morgan fingerprint density at radius 1 is 1.17 bits per heavy atom. The first kappa shape index (κ1) is 27.5. The fourth-order valence-corrected chi connectivity index (χ4v) is 7.66. The van der Waals surface area contributed by atoms with Crippen LogP contribution in [0.4, 0.5) is 33.5 Å². The summed E-state index contributed by atoms with van der Waals surface area (Å²) in [6.45, 7) is -1.98. The van der Waals surface area contributed by atoms with Crippen LogP contribution in [-0.4, -0.2) is 75.8 Å². The normalized spacial score (nSPS) is 28.1. The molecule has 13 heteroatoms. The third kappa shape index (κ3) is 4.67. The second kappa shape index (κ2) is 10.7. The second-order valence-electron chi connectivity index (χ2n) is 12.7. The number of carbonyl (C=O) groups is 1. The number of alkyl halides is 2. The molecule has 4 aromatic rings. The molecule has 1 aliphatic carbocycles. The predicted molar refractivity (Wildman–Crippen MR) is 165 cm³/mol. The summed E-state index contributed by atoms with van der Waals surface area (Å²) in [5.74, 6) is -2.25. The number of Topliss-reactive ketones (excluding diaryl/α,β-unsaturated/α-hetero) is 1. The number of halogens is 5. The molecule has 3 aliphatic heterocycles. The summed E-state index contributed by atoms with van der Waals surface area (Å²) < 4.78 is 99.8. The summed E-state index contributed by atoms with van der Waals surface area (Å²) in [6.07, 6.45) is 5.06. The summed E-state index contributed by atoms with van der Waals surface area (Å²) in [5.41, 5.74) is 3.51. The highest BCUT2D eigenvalue weighted by Crippen LogP contribution is 2.48. The van der Waals surface area contributed by atoms with E-state index in [0.717, 1.165) is 6.07 Å².